The molecule has 0 aromatic heterocycles. The van der Waals surface area contributed by atoms with Crippen LogP contribution in [-0.2, 0) is 23.9 Å². The summed E-state index contributed by atoms with van der Waals surface area (Å²) in [6, 6.07) is -0.475. The van der Waals surface area contributed by atoms with Crippen LogP contribution in [0.1, 0.15) is 39.0 Å². The van der Waals surface area contributed by atoms with Gasteiger partial charge in [0.2, 0.25) is 11.7 Å². The monoisotopic (exact) mass is 354 g/mol. The topological polar surface area (TPSA) is 130 Å². The highest BCUT2D eigenvalue weighted by molar-refractivity contribution is 6.25. The van der Waals surface area contributed by atoms with Gasteiger partial charge in [0, 0.05) is 26.1 Å². The molecule has 25 heavy (non-hydrogen) atoms. The van der Waals surface area contributed by atoms with Crippen molar-refractivity contribution in [2.24, 2.45) is 0 Å². The van der Waals surface area contributed by atoms with Gasteiger partial charge in [0.1, 0.15) is 18.8 Å². The predicted molar refractivity (Wildman–Crippen MR) is 88.9 cm³/mol. The number of carbonyl (C=O) groups is 3. The van der Waals surface area contributed by atoms with Crippen LogP contribution in [0.2, 0.25) is 0 Å². The Morgan fingerprint density at radius 1 is 1.36 bits per heavy atom. The lowest BCUT2D eigenvalue weighted by Crippen LogP contribution is -2.46. The van der Waals surface area contributed by atoms with Crippen molar-refractivity contribution in [1.29, 1.82) is 0 Å². The molecule has 2 N–H and O–H groups in total. The Bertz CT molecular complexity index is 515. The lowest BCUT2D eigenvalue weighted by atomic mass is 9.93. The molecule has 0 bridgehead atoms. The molecule has 1 aliphatic rings. The lowest BCUT2D eigenvalue weighted by Gasteiger charge is -2.26. The largest absolute Gasteiger partial charge is 0.463 e. The summed E-state index contributed by atoms with van der Waals surface area (Å²) in [5, 5.41) is 5.78. The molecule has 1 saturated carbocycles. The number of esters is 1. The summed E-state index contributed by atoms with van der Waals surface area (Å²) < 4.78 is 10.1. The molecule has 0 heterocycles. The SMILES string of the molecule is CO[C@@H](C)C(=O)N[C@@H](CCC(=O)C=[N+]=[N-])C(=O)OCCNC1CCC1. The number of hydrogen-bond acceptors (Lipinski definition) is 6. The minimum atomic E-state index is -0.968. The molecule has 0 saturated heterocycles. The van der Waals surface area contributed by atoms with E-state index in [2.05, 4.69) is 15.4 Å². The highest BCUT2D eigenvalue weighted by Crippen LogP contribution is 2.17. The van der Waals surface area contributed by atoms with Crippen molar-refractivity contribution in [2.45, 2.75) is 57.2 Å². The number of ether oxygens (including phenoxy) is 2. The number of Topliss-reactive ketones (excluding diaryl/α,β-unsaturated/α-hetero) is 1. The van der Waals surface area contributed by atoms with Gasteiger partial charge in [0.25, 0.3) is 0 Å². The average Bonchev–Trinajstić information content (AvgIpc) is 2.55. The molecule has 0 radical (unpaired) electrons. The maximum atomic E-state index is 12.2. The van der Waals surface area contributed by atoms with Gasteiger partial charge in [-0.2, -0.15) is 4.79 Å². The smallest absolute Gasteiger partial charge is 0.328 e. The normalized spacial score (nSPS) is 16.1. The van der Waals surface area contributed by atoms with Gasteiger partial charge < -0.3 is 25.6 Å². The minimum absolute atomic E-state index is 0.0436. The van der Waals surface area contributed by atoms with Gasteiger partial charge in [0.05, 0.1) is 0 Å². The van der Waals surface area contributed by atoms with Crippen molar-refractivity contribution in [1.82, 2.24) is 10.6 Å². The number of ketones is 1. The van der Waals surface area contributed by atoms with Crippen LogP contribution in [0.25, 0.3) is 5.53 Å². The van der Waals surface area contributed by atoms with E-state index in [0.29, 0.717) is 12.6 Å². The van der Waals surface area contributed by atoms with E-state index in [-0.39, 0.29) is 19.4 Å². The third kappa shape index (κ3) is 8.02. The van der Waals surface area contributed by atoms with E-state index in [1.54, 1.807) is 6.92 Å². The van der Waals surface area contributed by atoms with E-state index in [0.717, 1.165) is 19.1 Å². The Kier molecular flexibility index (Phi) is 9.61. The number of methoxy groups -OCH3 is 1. The fourth-order valence-corrected chi connectivity index (χ4v) is 2.19. The highest BCUT2D eigenvalue weighted by atomic mass is 16.5. The zero-order valence-corrected chi connectivity index (χ0v) is 14.7. The van der Waals surface area contributed by atoms with Crippen molar-refractivity contribution < 1.29 is 28.6 Å². The van der Waals surface area contributed by atoms with E-state index in [4.69, 9.17) is 15.0 Å². The molecular weight excluding hydrogens is 328 g/mol. The number of nitrogens with one attached hydrogen (secondary N) is 2. The zero-order valence-electron chi connectivity index (χ0n) is 14.7. The molecule has 9 heteroatoms. The fraction of sp³-hybridized carbons (Fsp3) is 0.750. The van der Waals surface area contributed by atoms with E-state index in [9.17, 15) is 14.4 Å². The Morgan fingerprint density at radius 3 is 2.64 bits per heavy atom. The van der Waals surface area contributed by atoms with Gasteiger partial charge >= 0.3 is 12.2 Å². The van der Waals surface area contributed by atoms with Crippen molar-refractivity contribution in [2.75, 3.05) is 20.3 Å². The van der Waals surface area contributed by atoms with Crippen LogP contribution < -0.4 is 10.6 Å². The summed E-state index contributed by atoms with van der Waals surface area (Å²) in [5.74, 6) is -1.54. The predicted octanol–water partition coefficient (Wildman–Crippen LogP) is -0.159. The molecule has 1 aliphatic carbocycles. The van der Waals surface area contributed by atoms with Gasteiger partial charge in [-0.05, 0) is 26.2 Å². The van der Waals surface area contributed by atoms with E-state index < -0.39 is 29.8 Å². The fourth-order valence-electron chi connectivity index (χ4n) is 2.19. The average molecular weight is 354 g/mol. The van der Waals surface area contributed by atoms with Crippen LogP contribution in [0.5, 0.6) is 0 Å². The number of hydrogen-bond donors (Lipinski definition) is 2. The van der Waals surface area contributed by atoms with E-state index in [1.165, 1.54) is 13.5 Å². The van der Waals surface area contributed by atoms with Gasteiger partial charge in [-0.25, -0.2) is 4.79 Å². The van der Waals surface area contributed by atoms with Crippen LogP contribution in [0.3, 0.4) is 0 Å². The summed E-state index contributed by atoms with van der Waals surface area (Å²) in [6.07, 6.45) is 3.49. The molecular formula is C16H26N4O5. The molecule has 2 atom stereocenters. The molecule has 0 spiro atoms. The van der Waals surface area contributed by atoms with Crippen molar-refractivity contribution in [3.63, 3.8) is 0 Å². The number of amides is 1. The van der Waals surface area contributed by atoms with Gasteiger partial charge in [-0.15, -0.1) is 0 Å². The molecule has 9 nitrogen and oxygen atoms in total. The first-order chi connectivity index (χ1) is 12.0. The van der Waals surface area contributed by atoms with Crippen LogP contribution in [0.15, 0.2) is 0 Å². The number of nitrogens with zero attached hydrogens (tertiary/aromatic N) is 2. The molecule has 0 aliphatic heterocycles. The maximum absolute atomic E-state index is 12.2. The Morgan fingerprint density at radius 2 is 2.08 bits per heavy atom. The van der Waals surface area contributed by atoms with E-state index >= 15 is 0 Å². The van der Waals surface area contributed by atoms with Crippen LogP contribution in [-0.4, -0.2) is 67.1 Å². The summed E-state index contributed by atoms with van der Waals surface area (Å²) in [6.45, 7) is 2.28. The number of rotatable bonds is 12. The van der Waals surface area contributed by atoms with Crippen molar-refractivity contribution >= 4 is 23.9 Å². The van der Waals surface area contributed by atoms with Gasteiger partial charge in [-0.3, -0.25) is 9.59 Å². The van der Waals surface area contributed by atoms with Crippen LogP contribution in [0, 0.1) is 0 Å². The summed E-state index contributed by atoms with van der Waals surface area (Å²) in [5.41, 5.74) is 8.34. The standard InChI is InChI=1S/C16H26N4O5/c1-11(24-2)15(22)20-14(7-6-13(21)10-19-17)16(23)25-9-8-18-12-4-3-5-12/h10-12,14,18H,3-9H2,1-2H3,(H,20,22)/t11-,14-/m0/s1. The Labute approximate surface area is 147 Å². The third-order valence-corrected chi connectivity index (χ3v) is 4.09. The summed E-state index contributed by atoms with van der Waals surface area (Å²) in [4.78, 5) is 38.2. The molecule has 0 aromatic carbocycles. The first kappa shape index (κ1) is 21.0. The van der Waals surface area contributed by atoms with Gasteiger partial charge in [-0.1, -0.05) is 6.42 Å². The van der Waals surface area contributed by atoms with E-state index in [1.807, 2.05) is 0 Å². The highest BCUT2D eigenvalue weighted by Gasteiger charge is 2.26. The third-order valence-electron chi connectivity index (χ3n) is 4.09. The second-order valence-corrected chi connectivity index (χ2v) is 5.94. The second kappa shape index (κ2) is 11.5. The summed E-state index contributed by atoms with van der Waals surface area (Å²) in [7, 11) is 1.38. The molecule has 140 valence electrons. The van der Waals surface area contributed by atoms with Gasteiger partial charge in [0.15, 0.2) is 0 Å². The molecule has 1 fully saturated rings. The van der Waals surface area contributed by atoms with Crippen LogP contribution >= 0.6 is 0 Å². The van der Waals surface area contributed by atoms with Crippen molar-refractivity contribution in [3.05, 3.63) is 5.53 Å². The Balaban J connectivity index is 2.47. The molecule has 1 rings (SSSR count). The molecule has 1 amide bonds. The quantitative estimate of drug-likeness (QED) is 0.165. The molecule has 0 aromatic rings. The minimum Gasteiger partial charge on any atom is -0.463 e. The number of carbonyl (C=O) groups excluding carboxylic acids is 3. The second-order valence-electron chi connectivity index (χ2n) is 5.94. The van der Waals surface area contributed by atoms with Crippen molar-refractivity contribution in [3.8, 4) is 0 Å². The zero-order chi connectivity index (χ0) is 18.7. The maximum Gasteiger partial charge on any atom is 0.328 e. The first-order valence-corrected chi connectivity index (χ1v) is 8.41. The summed E-state index contributed by atoms with van der Waals surface area (Å²) >= 11 is 0. The lowest BCUT2D eigenvalue weighted by molar-refractivity contribution is -0.149. The molecule has 0 unspecified atom stereocenters. The first-order valence-electron chi connectivity index (χ1n) is 8.41. The van der Waals surface area contributed by atoms with Crippen LogP contribution in [0.4, 0.5) is 0 Å². The Hall–Kier alpha value is -2.09.